The Morgan fingerprint density at radius 3 is 1.56 bits per heavy atom. The molecule has 11 rings (SSSR count). The van der Waals surface area contributed by atoms with Crippen LogP contribution in [-0.2, 0) is 10.8 Å². The summed E-state index contributed by atoms with van der Waals surface area (Å²) in [6.45, 7) is 4.75. The minimum absolute atomic E-state index is 0.1000. The van der Waals surface area contributed by atoms with Crippen LogP contribution in [-0.4, -0.2) is 9.97 Å². The third-order valence-corrected chi connectivity index (χ3v) is 12.1. The number of hydrogen-bond donors (Lipinski definition) is 0. The van der Waals surface area contributed by atoms with Crippen LogP contribution >= 0.6 is 0 Å². The molecule has 0 N–H and O–H groups in total. The fourth-order valence-electron chi connectivity index (χ4n) is 9.62. The second-order valence-electron chi connectivity index (χ2n) is 15.3. The maximum atomic E-state index is 5.28. The van der Waals surface area contributed by atoms with Crippen molar-refractivity contribution in [2.45, 2.75) is 24.7 Å². The van der Waals surface area contributed by atoms with Crippen molar-refractivity contribution >= 4 is 12.2 Å². The molecule has 0 amide bonds. The first kappa shape index (κ1) is 30.9. The van der Waals surface area contributed by atoms with Gasteiger partial charge in [0.2, 0.25) is 0 Å². The van der Waals surface area contributed by atoms with E-state index in [0.717, 1.165) is 28.1 Å². The van der Waals surface area contributed by atoms with E-state index in [9.17, 15) is 0 Å². The Hall–Kier alpha value is -6.64. The van der Waals surface area contributed by atoms with Crippen molar-refractivity contribution in [3.63, 3.8) is 0 Å². The first-order valence-electron chi connectivity index (χ1n) is 18.8. The molecule has 1 aromatic heterocycles. The molecule has 8 aromatic rings. The Balaban J connectivity index is 1.22. The number of aromatic nitrogens is 2. The molecule has 1 heterocycles. The Labute approximate surface area is 316 Å². The highest BCUT2D eigenvalue weighted by Gasteiger charge is 2.50. The summed E-state index contributed by atoms with van der Waals surface area (Å²) >= 11 is 0. The maximum absolute atomic E-state index is 5.28. The zero-order valence-corrected chi connectivity index (χ0v) is 30.2. The topological polar surface area (TPSA) is 25.8 Å². The van der Waals surface area contributed by atoms with Gasteiger partial charge in [0, 0.05) is 22.1 Å². The quantitative estimate of drug-likeness (QED) is 0.185. The normalized spacial score (nSPS) is 16.5. The van der Waals surface area contributed by atoms with Crippen LogP contribution in [0.3, 0.4) is 0 Å². The molecule has 0 saturated heterocycles. The van der Waals surface area contributed by atoms with Crippen LogP contribution in [0.25, 0.3) is 68.3 Å². The molecule has 0 fully saturated rings. The Kier molecular flexibility index (Phi) is 6.55. The van der Waals surface area contributed by atoms with Gasteiger partial charge in [-0.05, 0) is 91.0 Å². The van der Waals surface area contributed by atoms with Gasteiger partial charge in [-0.25, -0.2) is 9.97 Å². The Bertz CT molecular complexity index is 2790. The number of benzene rings is 7. The van der Waals surface area contributed by atoms with Gasteiger partial charge in [-0.1, -0.05) is 172 Å². The molecule has 1 spiro atoms. The van der Waals surface area contributed by atoms with E-state index in [2.05, 4.69) is 184 Å². The first-order chi connectivity index (χ1) is 26.5. The highest BCUT2D eigenvalue weighted by molar-refractivity contribution is 5.95. The average Bonchev–Trinajstić information content (AvgIpc) is 3.58. The Morgan fingerprint density at radius 2 is 0.870 bits per heavy atom. The van der Waals surface area contributed by atoms with Crippen molar-refractivity contribution < 1.29 is 0 Å². The van der Waals surface area contributed by atoms with Crippen LogP contribution in [0.2, 0.25) is 0 Å². The third-order valence-electron chi connectivity index (χ3n) is 12.1. The van der Waals surface area contributed by atoms with E-state index in [-0.39, 0.29) is 5.41 Å². The first-order valence-corrected chi connectivity index (χ1v) is 18.8. The minimum Gasteiger partial charge on any atom is -0.228 e. The molecular formula is C52H36N2. The smallest absolute Gasteiger partial charge is 0.160 e. The van der Waals surface area contributed by atoms with E-state index in [0.29, 0.717) is 5.82 Å². The largest absolute Gasteiger partial charge is 0.228 e. The summed E-state index contributed by atoms with van der Waals surface area (Å²) in [6, 6.07) is 62.0. The van der Waals surface area contributed by atoms with Gasteiger partial charge in [0.05, 0.1) is 16.8 Å². The summed E-state index contributed by atoms with van der Waals surface area (Å²) in [6.07, 6.45) is 4.60. The number of nitrogens with zero attached hydrogens (tertiary/aromatic N) is 2. The van der Waals surface area contributed by atoms with Gasteiger partial charge in [-0.2, -0.15) is 0 Å². The van der Waals surface area contributed by atoms with Gasteiger partial charge < -0.3 is 0 Å². The van der Waals surface area contributed by atoms with E-state index in [1.807, 2.05) is 12.1 Å². The van der Waals surface area contributed by atoms with E-state index in [1.165, 1.54) is 66.8 Å². The molecule has 254 valence electrons. The van der Waals surface area contributed by atoms with E-state index >= 15 is 0 Å². The second-order valence-corrected chi connectivity index (χ2v) is 15.3. The van der Waals surface area contributed by atoms with Crippen LogP contribution in [0, 0.1) is 0 Å². The van der Waals surface area contributed by atoms with Crippen LogP contribution in [0.5, 0.6) is 0 Å². The summed E-state index contributed by atoms with van der Waals surface area (Å²) < 4.78 is 0. The lowest BCUT2D eigenvalue weighted by atomic mass is 9.65. The van der Waals surface area contributed by atoms with Crippen molar-refractivity contribution in [3.8, 4) is 56.2 Å². The fourth-order valence-corrected chi connectivity index (χ4v) is 9.62. The average molecular weight is 689 g/mol. The summed E-state index contributed by atoms with van der Waals surface area (Å²) in [4.78, 5) is 10.6. The number of hydrogen-bond acceptors (Lipinski definition) is 2. The molecule has 3 aliphatic rings. The predicted molar refractivity (Wildman–Crippen MR) is 222 cm³/mol. The zero-order chi connectivity index (χ0) is 36.0. The molecule has 2 heteroatoms. The van der Waals surface area contributed by atoms with Crippen LogP contribution in [0.1, 0.15) is 58.4 Å². The van der Waals surface area contributed by atoms with E-state index in [1.54, 1.807) is 0 Å². The highest BCUT2D eigenvalue weighted by atomic mass is 14.9. The second kappa shape index (κ2) is 11.4. The summed E-state index contributed by atoms with van der Waals surface area (Å²) in [5.74, 6) is 0.714. The molecule has 7 aromatic carbocycles. The third kappa shape index (κ3) is 4.28. The number of fused-ring (bicyclic) bond motifs is 12. The van der Waals surface area contributed by atoms with E-state index in [4.69, 9.17) is 9.97 Å². The van der Waals surface area contributed by atoms with E-state index < -0.39 is 5.41 Å². The summed E-state index contributed by atoms with van der Waals surface area (Å²) in [5.41, 5.74) is 19.9. The van der Waals surface area contributed by atoms with Crippen molar-refractivity contribution in [2.24, 2.45) is 0 Å². The van der Waals surface area contributed by atoms with Gasteiger partial charge in [-0.3, -0.25) is 0 Å². The molecule has 0 aliphatic heterocycles. The summed E-state index contributed by atoms with van der Waals surface area (Å²) in [5, 5.41) is 0. The Morgan fingerprint density at radius 1 is 0.352 bits per heavy atom. The lowest BCUT2D eigenvalue weighted by molar-refractivity contribution is 0.660. The van der Waals surface area contributed by atoms with Gasteiger partial charge in [0.15, 0.2) is 5.82 Å². The molecule has 0 bridgehead atoms. The monoisotopic (exact) mass is 688 g/mol. The fraction of sp³-hybridized carbons (Fsp3) is 0.0769. The maximum Gasteiger partial charge on any atom is 0.160 e. The minimum atomic E-state index is -0.576. The lowest BCUT2D eigenvalue weighted by Crippen LogP contribution is -2.30. The molecule has 1 unspecified atom stereocenters. The predicted octanol–water partition coefficient (Wildman–Crippen LogP) is 12.6. The molecule has 0 saturated carbocycles. The van der Waals surface area contributed by atoms with Crippen LogP contribution < -0.4 is 0 Å². The van der Waals surface area contributed by atoms with Crippen LogP contribution in [0.15, 0.2) is 170 Å². The standard InChI is InChI=1S/C52H36N2/c1-51(2)43-23-13-10-20-38(43)40-31-47-41(30-46(40)51)39-21-11-14-24-44(39)52(47)42-22-12-9-15-33(42)25-26-34-27-28-37(29-45(34)52)50-53-48(35-16-5-3-6-17-35)32-49(54-50)36-18-7-4-8-19-36/h3-32H,1-2H3. The lowest BCUT2D eigenvalue weighted by Gasteiger charge is -2.36. The molecule has 1 atom stereocenters. The molecule has 0 radical (unpaired) electrons. The summed E-state index contributed by atoms with van der Waals surface area (Å²) in [7, 11) is 0. The van der Waals surface area contributed by atoms with Crippen molar-refractivity contribution in [1.82, 2.24) is 9.97 Å². The molecule has 2 nitrogen and oxygen atoms in total. The SMILES string of the molecule is CC1(C)c2ccccc2-c2cc3c(cc21)-c1ccccc1C31c2ccccc2C=Cc2ccc(-c3nc(-c4ccccc4)cc(-c4ccccc4)n3)cc21. The van der Waals surface area contributed by atoms with Gasteiger partial charge >= 0.3 is 0 Å². The van der Waals surface area contributed by atoms with Gasteiger partial charge in [0.1, 0.15) is 0 Å². The van der Waals surface area contributed by atoms with Crippen LogP contribution in [0.4, 0.5) is 0 Å². The van der Waals surface area contributed by atoms with Crippen molar-refractivity contribution in [1.29, 1.82) is 0 Å². The van der Waals surface area contributed by atoms with Crippen molar-refractivity contribution in [2.75, 3.05) is 0 Å². The molecular weight excluding hydrogens is 653 g/mol. The molecule has 3 aliphatic carbocycles. The van der Waals surface area contributed by atoms with Gasteiger partial charge in [-0.15, -0.1) is 0 Å². The highest BCUT2D eigenvalue weighted by Crippen LogP contribution is 2.61. The van der Waals surface area contributed by atoms with Gasteiger partial charge in [0.25, 0.3) is 0 Å². The number of rotatable bonds is 3. The zero-order valence-electron chi connectivity index (χ0n) is 30.2. The molecule has 54 heavy (non-hydrogen) atoms. The van der Waals surface area contributed by atoms with Crippen molar-refractivity contribution in [3.05, 3.63) is 214 Å².